The second-order valence-corrected chi connectivity index (χ2v) is 8.54. The average molecular weight is 415 g/mol. The van der Waals surface area contributed by atoms with E-state index < -0.39 is 10.0 Å². The minimum atomic E-state index is -3.72. The first kappa shape index (κ1) is 21.0. The van der Waals surface area contributed by atoms with E-state index in [4.69, 9.17) is 14.2 Å². The van der Waals surface area contributed by atoms with Crippen molar-refractivity contribution in [1.29, 1.82) is 0 Å². The molecular weight excluding hydrogens is 386 g/mol. The number of methoxy groups -OCH3 is 1. The van der Waals surface area contributed by atoms with Gasteiger partial charge in [0, 0.05) is 13.1 Å². The molecule has 0 aliphatic carbocycles. The lowest BCUT2D eigenvalue weighted by Crippen LogP contribution is -3.14. The number of quaternary nitrogens is 1. The van der Waals surface area contributed by atoms with Crippen molar-refractivity contribution in [3.05, 3.63) is 23.8 Å². The van der Waals surface area contributed by atoms with Gasteiger partial charge in [-0.2, -0.15) is 0 Å². The van der Waals surface area contributed by atoms with Crippen LogP contribution in [0.1, 0.15) is 10.4 Å². The topological polar surface area (TPSA) is 98.6 Å². The summed E-state index contributed by atoms with van der Waals surface area (Å²) in [5.74, 6) is 0.100. The maximum absolute atomic E-state index is 12.8. The van der Waals surface area contributed by atoms with Crippen LogP contribution in [0, 0.1) is 0 Å². The fraction of sp³-hybridized carbons (Fsp3) is 0.611. The first-order valence-electron chi connectivity index (χ1n) is 9.47. The van der Waals surface area contributed by atoms with E-state index in [2.05, 4.69) is 4.72 Å². The molecule has 0 saturated carbocycles. The number of benzene rings is 1. The Hall–Kier alpha value is -1.72. The molecule has 2 heterocycles. The second-order valence-electron chi connectivity index (χ2n) is 6.78. The number of morpholine rings is 2. The Morgan fingerprint density at radius 1 is 1.18 bits per heavy atom. The molecule has 2 N–H and O–H groups in total. The van der Waals surface area contributed by atoms with Gasteiger partial charge in [0.2, 0.25) is 10.0 Å². The Bertz CT molecular complexity index is 774. The zero-order valence-electron chi connectivity index (χ0n) is 16.1. The fourth-order valence-electron chi connectivity index (χ4n) is 3.31. The molecule has 9 nitrogen and oxygen atoms in total. The van der Waals surface area contributed by atoms with Crippen LogP contribution in [0.2, 0.25) is 0 Å². The first-order chi connectivity index (χ1) is 13.5. The molecule has 2 aliphatic rings. The predicted octanol–water partition coefficient (Wildman–Crippen LogP) is -1.64. The van der Waals surface area contributed by atoms with Gasteiger partial charge < -0.3 is 24.0 Å². The van der Waals surface area contributed by atoms with Crippen LogP contribution in [0.15, 0.2) is 23.1 Å². The molecule has 0 aromatic heterocycles. The van der Waals surface area contributed by atoms with Gasteiger partial charge in [-0.25, -0.2) is 13.1 Å². The highest BCUT2D eigenvalue weighted by Gasteiger charge is 2.25. The molecule has 1 amide bonds. The van der Waals surface area contributed by atoms with Gasteiger partial charge in [-0.3, -0.25) is 4.79 Å². The third-order valence-electron chi connectivity index (χ3n) is 4.98. The van der Waals surface area contributed by atoms with Crippen LogP contribution in [0.5, 0.6) is 5.75 Å². The third kappa shape index (κ3) is 5.21. The van der Waals surface area contributed by atoms with Crippen LogP contribution >= 0.6 is 0 Å². The summed E-state index contributed by atoms with van der Waals surface area (Å²) in [5, 5.41) is 0. The molecule has 156 valence electrons. The lowest BCUT2D eigenvalue weighted by atomic mass is 10.1. The van der Waals surface area contributed by atoms with Crippen molar-refractivity contribution in [1.82, 2.24) is 9.62 Å². The van der Waals surface area contributed by atoms with Crippen LogP contribution in [-0.2, 0) is 19.5 Å². The maximum atomic E-state index is 12.8. The highest BCUT2D eigenvalue weighted by molar-refractivity contribution is 7.89. The maximum Gasteiger partial charge on any atom is 0.257 e. The fourth-order valence-corrected chi connectivity index (χ4v) is 4.37. The van der Waals surface area contributed by atoms with Crippen LogP contribution in [0.4, 0.5) is 0 Å². The zero-order valence-corrected chi connectivity index (χ0v) is 16.9. The smallest absolute Gasteiger partial charge is 0.257 e. The molecule has 3 rings (SSSR count). The van der Waals surface area contributed by atoms with E-state index in [0.717, 1.165) is 13.1 Å². The third-order valence-corrected chi connectivity index (χ3v) is 6.44. The lowest BCUT2D eigenvalue weighted by molar-refractivity contribution is -0.906. The van der Waals surface area contributed by atoms with Crippen LogP contribution in [0.25, 0.3) is 0 Å². The predicted molar refractivity (Wildman–Crippen MR) is 101 cm³/mol. The number of hydrogen-bond acceptors (Lipinski definition) is 6. The molecule has 0 radical (unpaired) electrons. The minimum Gasteiger partial charge on any atom is -0.496 e. The summed E-state index contributed by atoms with van der Waals surface area (Å²) in [6, 6.07) is 4.37. The molecule has 0 atom stereocenters. The first-order valence-corrected chi connectivity index (χ1v) is 11.0. The van der Waals surface area contributed by atoms with Gasteiger partial charge in [-0.15, -0.1) is 0 Å². The number of amides is 1. The number of hydrogen-bond donors (Lipinski definition) is 2. The molecular formula is C18H28N3O6S+. The number of carbonyl (C=O) groups is 1. The Kier molecular flexibility index (Phi) is 7.24. The van der Waals surface area contributed by atoms with Crippen LogP contribution in [-0.4, -0.2) is 92.0 Å². The van der Waals surface area contributed by atoms with Gasteiger partial charge in [0.1, 0.15) is 18.8 Å². The van der Waals surface area contributed by atoms with Gasteiger partial charge in [0.05, 0.1) is 57.1 Å². The van der Waals surface area contributed by atoms with Gasteiger partial charge >= 0.3 is 0 Å². The molecule has 28 heavy (non-hydrogen) atoms. The van der Waals surface area contributed by atoms with Gasteiger partial charge in [0.15, 0.2) is 0 Å². The molecule has 2 aliphatic heterocycles. The summed E-state index contributed by atoms with van der Waals surface area (Å²) in [7, 11) is -2.26. The number of ether oxygens (including phenoxy) is 3. The summed E-state index contributed by atoms with van der Waals surface area (Å²) < 4.78 is 43.9. The van der Waals surface area contributed by atoms with Crippen molar-refractivity contribution in [2.45, 2.75) is 4.90 Å². The van der Waals surface area contributed by atoms with E-state index in [1.54, 1.807) is 4.90 Å². The quantitative estimate of drug-likeness (QED) is 0.556. The highest BCUT2D eigenvalue weighted by atomic mass is 32.2. The van der Waals surface area contributed by atoms with E-state index in [9.17, 15) is 13.2 Å². The summed E-state index contributed by atoms with van der Waals surface area (Å²) in [5.41, 5.74) is 0.242. The molecule has 1 aromatic carbocycles. The molecule has 2 saturated heterocycles. The van der Waals surface area contributed by atoms with Gasteiger partial charge in [0.25, 0.3) is 5.91 Å². The standard InChI is InChI=1S/C18H27N3O6S/c1-25-17-3-2-15(14-16(17)18(22)21-8-12-27-13-9-21)28(23,24)19-4-5-20-6-10-26-11-7-20/h2-3,14,19H,4-13H2,1H3/p+1. The average Bonchev–Trinajstić information content (AvgIpc) is 2.74. The van der Waals surface area contributed by atoms with Crippen LogP contribution < -0.4 is 14.4 Å². The molecule has 1 aromatic rings. The van der Waals surface area contributed by atoms with Crippen molar-refractivity contribution in [2.24, 2.45) is 0 Å². The van der Waals surface area contributed by atoms with Crippen molar-refractivity contribution in [3.63, 3.8) is 0 Å². The van der Waals surface area contributed by atoms with Crippen molar-refractivity contribution >= 4 is 15.9 Å². The second kappa shape index (κ2) is 9.66. The zero-order chi connectivity index (χ0) is 20.0. The summed E-state index contributed by atoms with van der Waals surface area (Å²) in [6.07, 6.45) is 0. The largest absolute Gasteiger partial charge is 0.496 e. The summed E-state index contributed by atoms with van der Waals surface area (Å²) >= 11 is 0. The van der Waals surface area contributed by atoms with E-state index in [0.29, 0.717) is 58.4 Å². The monoisotopic (exact) mass is 414 g/mol. The van der Waals surface area contributed by atoms with Crippen LogP contribution in [0.3, 0.4) is 0 Å². The van der Waals surface area contributed by atoms with Crippen molar-refractivity contribution in [2.75, 3.05) is 72.8 Å². The Morgan fingerprint density at radius 2 is 1.86 bits per heavy atom. The van der Waals surface area contributed by atoms with E-state index in [-0.39, 0.29) is 16.4 Å². The van der Waals surface area contributed by atoms with Gasteiger partial charge in [-0.05, 0) is 18.2 Å². The minimum absolute atomic E-state index is 0.0573. The van der Waals surface area contributed by atoms with E-state index >= 15 is 0 Å². The Balaban J connectivity index is 1.70. The lowest BCUT2D eigenvalue weighted by Gasteiger charge is -2.27. The Morgan fingerprint density at radius 3 is 2.54 bits per heavy atom. The SMILES string of the molecule is COc1ccc(S(=O)(=O)NCC[NH+]2CCOCC2)cc1C(=O)N1CCOCC1. The number of rotatable bonds is 7. The number of sulfonamides is 1. The normalized spacial score (nSPS) is 18.8. The summed E-state index contributed by atoms with van der Waals surface area (Å²) in [6.45, 7) is 6.06. The van der Waals surface area contributed by atoms with Crippen molar-refractivity contribution in [3.8, 4) is 5.75 Å². The number of nitrogens with one attached hydrogen (secondary N) is 2. The van der Waals surface area contributed by atoms with Crippen molar-refractivity contribution < 1.29 is 32.3 Å². The number of carbonyl (C=O) groups excluding carboxylic acids is 1. The molecule has 10 heteroatoms. The molecule has 0 spiro atoms. The molecule has 0 bridgehead atoms. The Labute approximate surface area is 165 Å². The van der Waals surface area contributed by atoms with E-state index in [1.165, 1.54) is 30.2 Å². The van der Waals surface area contributed by atoms with Gasteiger partial charge in [-0.1, -0.05) is 0 Å². The highest BCUT2D eigenvalue weighted by Crippen LogP contribution is 2.24. The molecule has 0 unspecified atom stereocenters. The van der Waals surface area contributed by atoms with E-state index in [1.807, 2.05) is 0 Å². The summed E-state index contributed by atoms with van der Waals surface area (Å²) in [4.78, 5) is 15.9. The number of nitrogens with zero attached hydrogens (tertiary/aromatic N) is 1. The molecule has 2 fully saturated rings.